The lowest BCUT2D eigenvalue weighted by molar-refractivity contribution is 0.0696. The molecule has 1 amide bonds. The summed E-state index contributed by atoms with van der Waals surface area (Å²) < 4.78 is 18.4. The highest BCUT2D eigenvalue weighted by Gasteiger charge is 2.18. The van der Waals surface area contributed by atoms with Gasteiger partial charge in [-0.1, -0.05) is 30.3 Å². The number of carbonyl (C=O) groups excluding carboxylic acids is 1. The van der Waals surface area contributed by atoms with E-state index in [0.29, 0.717) is 0 Å². The molecule has 5 nitrogen and oxygen atoms in total. The quantitative estimate of drug-likeness (QED) is 0.905. The fourth-order valence-corrected chi connectivity index (χ4v) is 1.94. The van der Waals surface area contributed by atoms with Crippen LogP contribution >= 0.6 is 0 Å². The number of anilines is 1. The molecule has 0 radical (unpaired) electrons. The molecule has 2 rings (SSSR count). The molecular formula is C16H14FNO4. The lowest BCUT2D eigenvalue weighted by atomic mass is 10.1. The molecular weight excluding hydrogens is 289 g/mol. The summed E-state index contributed by atoms with van der Waals surface area (Å²) in [5.74, 6) is -1.98. The van der Waals surface area contributed by atoms with Crippen LogP contribution in [0, 0.1) is 12.7 Å². The summed E-state index contributed by atoms with van der Waals surface area (Å²) in [7, 11) is 0. The van der Waals surface area contributed by atoms with Gasteiger partial charge in [-0.3, -0.25) is 5.32 Å². The van der Waals surface area contributed by atoms with Gasteiger partial charge < -0.3 is 9.84 Å². The number of hydrogen-bond donors (Lipinski definition) is 2. The Hall–Kier alpha value is -2.89. The molecule has 0 aliphatic rings. The van der Waals surface area contributed by atoms with Crippen molar-refractivity contribution in [3.8, 4) is 0 Å². The Kier molecular flexibility index (Phi) is 4.73. The van der Waals surface area contributed by atoms with E-state index in [1.807, 2.05) is 18.2 Å². The Labute approximate surface area is 126 Å². The minimum Gasteiger partial charge on any atom is -0.478 e. The van der Waals surface area contributed by atoms with Crippen molar-refractivity contribution < 1.29 is 23.8 Å². The Morgan fingerprint density at radius 1 is 1.18 bits per heavy atom. The average Bonchev–Trinajstić information content (AvgIpc) is 2.50. The third kappa shape index (κ3) is 3.60. The number of benzene rings is 2. The monoisotopic (exact) mass is 303 g/mol. The van der Waals surface area contributed by atoms with Crippen LogP contribution in [0.2, 0.25) is 0 Å². The first-order chi connectivity index (χ1) is 10.5. The molecule has 2 aromatic carbocycles. The van der Waals surface area contributed by atoms with E-state index >= 15 is 0 Å². The molecule has 0 heterocycles. The summed E-state index contributed by atoms with van der Waals surface area (Å²) in [6.07, 6.45) is -0.808. The predicted molar refractivity (Wildman–Crippen MR) is 78.3 cm³/mol. The van der Waals surface area contributed by atoms with Gasteiger partial charge in [0.1, 0.15) is 12.4 Å². The number of hydrogen-bond acceptors (Lipinski definition) is 3. The molecule has 0 aliphatic carbocycles. The van der Waals surface area contributed by atoms with E-state index < -0.39 is 17.9 Å². The number of carbonyl (C=O) groups is 2. The number of nitrogens with one attached hydrogen (secondary N) is 1. The number of amides is 1. The molecule has 2 aromatic rings. The van der Waals surface area contributed by atoms with Gasteiger partial charge in [-0.15, -0.1) is 0 Å². The van der Waals surface area contributed by atoms with Gasteiger partial charge in [-0.2, -0.15) is 0 Å². The largest absolute Gasteiger partial charge is 0.478 e. The van der Waals surface area contributed by atoms with E-state index in [4.69, 9.17) is 9.84 Å². The molecule has 0 atom stereocenters. The Balaban J connectivity index is 2.09. The fraction of sp³-hybridized carbons (Fsp3) is 0.125. The highest BCUT2D eigenvalue weighted by Crippen LogP contribution is 2.22. The first-order valence-electron chi connectivity index (χ1n) is 6.49. The molecule has 114 valence electrons. The minimum atomic E-state index is -1.32. The van der Waals surface area contributed by atoms with Gasteiger partial charge in [-0.05, 0) is 24.6 Å². The number of carboxylic acids is 1. The normalized spacial score (nSPS) is 10.1. The van der Waals surface area contributed by atoms with Gasteiger partial charge in [0.15, 0.2) is 0 Å². The molecule has 0 aromatic heterocycles. The summed E-state index contributed by atoms with van der Waals surface area (Å²) in [6, 6.07) is 11.3. The second-order valence-electron chi connectivity index (χ2n) is 4.59. The van der Waals surface area contributed by atoms with Gasteiger partial charge in [-0.25, -0.2) is 14.0 Å². The van der Waals surface area contributed by atoms with Crippen molar-refractivity contribution in [1.82, 2.24) is 0 Å². The first-order valence-corrected chi connectivity index (χ1v) is 6.49. The number of rotatable bonds is 4. The van der Waals surface area contributed by atoms with Crippen molar-refractivity contribution >= 4 is 17.7 Å². The first kappa shape index (κ1) is 15.5. The molecule has 0 aliphatic heterocycles. The zero-order chi connectivity index (χ0) is 16.1. The predicted octanol–water partition coefficient (Wildman–Crippen LogP) is 3.58. The standard InChI is InChI=1S/C16H14FNO4/c1-10-12(17)7-8-13(14(10)15(19)20)18-16(21)22-9-11-5-3-2-4-6-11/h2-8H,9H2,1H3,(H,18,21)(H,19,20). The van der Waals surface area contributed by atoms with Crippen LogP contribution in [0.1, 0.15) is 21.5 Å². The number of halogens is 1. The van der Waals surface area contributed by atoms with Crippen molar-refractivity contribution in [3.05, 3.63) is 65.0 Å². The maximum Gasteiger partial charge on any atom is 0.411 e. The molecule has 0 saturated carbocycles. The maximum absolute atomic E-state index is 13.4. The van der Waals surface area contributed by atoms with Crippen molar-refractivity contribution in [2.45, 2.75) is 13.5 Å². The van der Waals surface area contributed by atoms with E-state index in [-0.39, 0.29) is 23.4 Å². The average molecular weight is 303 g/mol. The number of ether oxygens (including phenoxy) is 1. The minimum absolute atomic E-state index is 0.00976. The highest BCUT2D eigenvalue weighted by molar-refractivity contribution is 6.00. The van der Waals surface area contributed by atoms with Crippen LogP contribution in [0.5, 0.6) is 0 Å². The van der Waals surface area contributed by atoms with Gasteiger partial charge in [0, 0.05) is 5.56 Å². The molecule has 2 N–H and O–H groups in total. The van der Waals surface area contributed by atoms with Crippen LogP contribution in [0.4, 0.5) is 14.9 Å². The third-order valence-corrected chi connectivity index (χ3v) is 3.06. The SMILES string of the molecule is Cc1c(F)ccc(NC(=O)OCc2ccccc2)c1C(=O)O. The van der Waals surface area contributed by atoms with Crippen molar-refractivity contribution in [3.63, 3.8) is 0 Å². The fourth-order valence-electron chi connectivity index (χ4n) is 1.94. The molecule has 0 bridgehead atoms. The van der Waals surface area contributed by atoms with Crippen molar-refractivity contribution in [2.75, 3.05) is 5.32 Å². The molecule has 22 heavy (non-hydrogen) atoms. The highest BCUT2D eigenvalue weighted by atomic mass is 19.1. The van der Waals surface area contributed by atoms with E-state index in [2.05, 4.69) is 5.32 Å². The Bertz CT molecular complexity index is 701. The van der Waals surface area contributed by atoms with E-state index in [1.54, 1.807) is 12.1 Å². The van der Waals surface area contributed by atoms with Crippen LogP contribution in [-0.2, 0) is 11.3 Å². The topological polar surface area (TPSA) is 75.6 Å². The number of carboxylic acid groups (broad SMARTS) is 1. The van der Waals surface area contributed by atoms with Gasteiger partial charge in [0.05, 0.1) is 11.3 Å². The zero-order valence-corrected chi connectivity index (χ0v) is 11.8. The lowest BCUT2D eigenvalue weighted by Gasteiger charge is -2.11. The van der Waals surface area contributed by atoms with Crippen LogP contribution < -0.4 is 5.32 Å². The van der Waals surface area contributed by atoms with Gasteiger partial charge >= 0.3 is 12.1 Å². The summed E-state index contributed by atoms with van der Waals surface area (Å²) >= 11 is 0. The van der Waals surface area contributed by atoms with Crippen molar-refractivity contribution in [2.24, 2.45) is 0 Å². The second-order valence-corrected chi connectivity index (χ2v) is 4.59. The summed E-state index contributed by atoms with van der Waals surface area (Å²) in [5.41, 5.74) is 0.445. The van der Waals surface area contributed by atoms with E-state index in [9.17, 15) is 14.0 Å². The molecule has 6 heteroatoms. The second kappa shape index (κ2) is 6.71. The van der Waals surface area contributed by atoms with Crippen LogP contribution in [0.25, 0.3) is 0 Å². The molecule has 0 spiro atoms. The van der Waals surface area contributed by atoms with E-state index in [1.165, 1.54) is 13.0 Å². The molecule has 0 unspecified atom stereocenters. The number of aromatic carboxylic acids is 1. The Morgan fingerprint density at radius 2 is 1.86 bits per heavy atom. The Morgan fingerprint density at radius 3 is 2.50 bits per heavy atom. The van der Waals surface area contributed by atoms with Crippen LogP contribution in [0.3, 0.4) is 0 Å². The van der Waals surface area contributed by atoms with Crippen molar-refractivity contribution in [1.29, 1.82) is 0 Å². The third-order valence-electron chi connectivity index (χ3n) is 3.06. The van der Waals surface area contributed by atoms with Gasteiger partial charge in [0.25, 0.3) is 0 Å². The summed E-state index contributed by atoms with van der Waals surface area (Å²) in [4.78, 5) is 22.9. The molecule has 0 saturated heterocycles. The maximum atomic E-state index is 13.4. The van der Waals surface area contributed by atoms with Gasteiger partial charge in [0.2, 0.25) is 0 Å². The zero-order valence-electron chi connectivity index (χ0n) is 11.8. The smallest absolute Gasteiger partial charge is 0.411 e. The van der Waals surface area contributed by atoms with Crippen LogP contribution in [-0.4, -0.2) is 17.2 Å². The lowest BCUT2D eigenvalue weighted by Crippen LogP contribution is -2.17. The summed E-state index contributed by atoms with van der Waals surface area (Å²) in [5, 5.41) is 11.5. The van der Waals surface area contributed by atoms with E-state index in [0.717, 1.165) is 11.6 Å². The summed E-state index contributed by atoms with van der Waals surface area (Å²) in [6.45, 7) is 1.38. The van der Waals surface area contributed by atoms with Crippen LogP contribution in [0.15, 0.2) is 42.5 Å². The molecule has 0 fully saturated rings.